The van der Waals surface area contributed by atoms with Gasteiger partial charge in [-0.15, -0.1) is 0 Å². The Morgan fingerprint density at radius 1 is 1.37 bits per heavy atom. The summed E-state index contributed by atoms with van der Waals surface area (Å²) in [5.41, 5.74) is 1.78. The minimum absolute atomic E-state index is 0.0276. The summed E-state index contributed by atoms with van der Waals surface area (Å²) >= 11 is 0. The number of carbonyl (C=O) groups excluding carboxylic acids is 1. The SMILES string of the molecule is CC1(C)CC(=O)c2ccn(CCCS(N)(=O)=O)c2C1. The van der Waals surface area contributed by atoms with Gasteiger partial charge in [-0.05, 0) is 24.3 Å². The van der Waals surface area contributed by atoms with Gasteiger partial charge in [-0.25, -0.2) is 13.6 Å². The van der Waals surface area contributed by atoms with Crippen molar-refractivity contribution in [2.24, 2.45) is 10.6 Å². The molecule has 0 spiro atoms. The van der Waals surface area contributed by atoms with Gasteiger partial charge < -0.3 is 4.57 Å². The maximum Gasteiger partial charge on any atom is 0.209 e. The van der Waals surface area contributed by atoms with E-state index in [9.17, 15) is 13.2 Å². The van der Waals surface area contributed by atoms with E-state index in [2.05, 4.69) is 13.8 Å². The van der Waals surface area contributed by atoms with E-state index in [0.29, 0.717) is 19.4 Å². The van der Waals surface area contributed by atoms with Crippen LogP contribution in [0.25, 0.3) is 0 Å². The first kappa shape index (κ1) is 14.3. The Balaban J connectivity index is 2.15. The number of primary sulfonamides is 1. The summed E-state index contributed by atoms with van der Waals surface area (Å²) in [5, 5.41) is 4.99. The number of Topliss-reactive ketones (excluding diaryl/α,β-unsaturated/α-hetero) is 1. The van der Waals surface area contributed by atoms with Crippen LogP contribution in [0.2, 0.25) is 0 Å². The molecule has 0 amide bonds. The fourth-order valence-corrected chi connectivity index (χ4v) is 3.18. The largest absolute Gasteiger partial charge is 0.351 e. The molecule has 0 atom stereocenters. The number of nitrogens with two attached hydrogens (primary N) is 1. The Bertz CT molecular complexity index is 599. The molecule has 2 rings (SSSR count). The third-order valence-corrected chi connectivity index (χ3v) is 4.35. The zero-order valence-electron chi connectivity index (χ0n) is 11.3. The van der Waals surface area contributed by atoms with E-state index in [-0.39, 0.29) is 17.0 Å². The first-order chi connectivity index (χ1) is 8.68. The van der Waals surface area contributed by atoms with Crippen molar-refractivity contribution in [2.45, 2.75) is 39.7 Å². The molecule has 0 aliphatic heterocycles. The molecule has 19 heavy (non-hydrogen) atoms. The molecule has 0 saturated carbocycles. The topological polar surface area (TPSA) is 82.2 Å². The molecule has 5 nitrogen and oxygen atoms in total. The normalized spacial score (nSPS) is 18.4. The van der Waals surface area contributed by atoms with E-state index >= 15 is 0 Å². The first-order valence-electron chi connectivity index (χ1n) is 6.40. The van der Waals surface area contributed by atoms with Gasteiger partial charge in [0.2, 0.25) is 10.0 Å². The van der Waals surface area contributed by atoms with Crippen LogP contribution in [0, 0.1) is 5.41 Å². The number of hydrogen-bond donors (Lipinski definition) is 1. The molecule has 0 bridgehead atoms. The molecule has 1 aromatic heterocycles. The Morgan fingerprint density at radius 3 is 2.68 bits per heavy atom. The van der Waals surface area contributed by atoms with Gasteiger partial charge in [-0.3, -0.25) is 4.79 Å². The minimum atomic E-state index is -3.41. The maximum atomic E-state index is 12.0. The van der Waals surface area contributed by atoms with Crippen LogP contribution in [0.5, 0.6) is 0 Å². The number of aryl methyl sites for hydroxylation is 1. The van der Waals surface area contributed by atoms with E-state index in [1.807, 2.05) is 16.8 Å². The molecule has 0 aromatic carbocycles. The second kappa shape index (κ2) is 4.76. The van der Waals surface area contributed by atoms with Crippen LogP contribution in [-0.4, -0.2) is 24.5 Å². The molecule has 6 heteroatoms. The fraction of sp³-hybridized carbons (Fsp3) is 0.615. The molecular formula is C13H20N2O3S. The summed E-state index contributed by atoms with van der Waals surface area (Å²) in [4.78, 5) is 12.0. The van der Waals surface area contributed by atoms with Crippen molar-refractivity contribution in [1.29, 1.82) is 0 Å². The summed E-state index contributed by atoms with van der Waals surface area (Å²) in [7, 11) is -3.41. The van der Waals surface area contributed by atoms with Crippen LogP contribution in [-0.2, 0) is 23.0 Å². The number of fused-ring (bicyclic) bond motifs is 1. The lowest BCUT2D eigenvalue weighted by Crippen LogP contribution is -2.28. The maximum absolute atomic E-state index is 12.0. The second-order valence-electron chi connectivity index (χ2n) is 6.03. The molecule has 1 aromatic rings. The van der Waals surface area contributed by atoms with E-state index in [4.69, 9.17) is 5.14 Å². The Kier molecular flexibility index (Phi) is 3.57. The van der Waals surface area contributed by atoms with Gasteiger partial charge in [0.05, 0.1) is 5.75 Å². The molecule has 0 fully saturated rings. The molecule has 0 unspecified atom stereocenters. The minimum Gasteiger partial charge on any atom is -0.351 e. The monoisotopic (exact) mass is 284 g/mol. The summed E-state index contributed by atoms with van der Waals surface area (Å²) in [5.74, 6) is 0.147. The van der Waals surface area contributed by atoms with E-state index in [1.165, 1.54) is 0 Å². The number of carbonyl (C=O) groups is 1. The average molecular weight is 284 g/mol. The molecule has 1 aliphatic rings. The predicted octanol–water partition coefficient (Wildman–Crippen LogP) is 1.32. The molecule has 106 valence electrons. The van der Waals surface area contributed by atoms with Crippen LogP contribution < -0.4 is 5.14 Å². The lowest BCUT2D eigenvalue weighted by atomic mass is 9.76. The molecule has 0 saturated heterocycles. The highest BCUT2D eigenvalue weighted by molar-refractivity contribution is 7.89. The quantitative estimate of drug-likeness (QED) is 0.905. The molecular weight excluding hydrogens is 264 g/mol. The summed E-state index contributed by atoms with van der Waals surface area (Å²) in [6, 6.07) is 1.84. The van der Waals surface area contributed by atoms with Gasteiger partial charge in [0, 0.05) is 30.4 Å². The highest BCUT2D eigenvalue weighted by atomic mass is 32.2. The summed E-state index contributed by atoms with van der Waals surface area (Å²) < 4.78 is 23.8. The zero-order valence-corrected chi connectivity index (χ0v) is 12.2. The van der Waals surface area contributed by atoms with Gasteiger partial charge in [-0.2, -0.15) is 0 Å². The van der Waals surface area contributed by atoms with Gasteiger partial charge in [0.15, 0.2) is 5.78 Å². The first-order valence-corrected chi connectivity index (χ1v) is 8.11. The highest BCUT2D eigenvalue weighted by Crippen LogP contribution is 2.35. The van der Waals surface area contributed by atoms with Crippen molar-refractivity contribution < 1.29 is 13.2 Å². The zero-order chi connectivity index (χ0) is 14.3. The van der Waals surface area contributed by atoms with Crippen molar-refractivity contribution in [3.8, 4) is 0 Å². The number of ketones is 1. The number of nitrogens with zero attached hydrogens (tertiary/aromatic N) is 1. The smallest absolute Gasteiger partial charge is 0.209 e. The lowest BCUT2D eigenvalue weighted by molar-refractivity contribution is 0.0910. The van der Waals surface area contributed by atoms with Gasteiger partial charge in [0.1, 0.15) is 0 Å². The van der Waals surface area contributed by atoms with Crippen LogP contribution >= 0.6 is 0 Å². The number of rotatable bonds is 4. The van der Waals surface area contributed by atoms with Gasteiger partial charge in [0.25, 0.3) is 0 Å². The summed E-state index contributed by atoms with van der Waals surface area (Å²) in [6.07, 6.45) is 3.75. The van der Waals surface area contributed by atoms with Crippen LogP contribution in [0.15, 0.2) is 12.3 Å². The lowest BCUT2D eigenvalue weighted by Gasteiger charge is -2.29. The Labute approximate surface area is 113 Å². The van der Waals surface area contributed by atoms with E-state index in [1.54, 1.807) is 0 Å². The highest BCUT2D eigenvalue weighted by Gasteiger charge is 2.32. The van der Waals surface area contributed by atoms with E-state index in [0.717, 1.165) is 17.7 Å². The number of sulfonamides is 1. The van der Waals surface area contributed by atoms with Crippen LogP contribution in [0.3, 0.4) is 0 Å². The number of aromatic nitrogens is 1. The van der Waals surface area contributed by atoms with Crippen molar-refractivity contribution in [1.82, 2.24) is 4.57 Å². The molecule has 2 N–H and O–H groups in total. The molecule has 1 heterocycles. The van der Waals surface area contributed by atoms with Crippen LogP contribution in [0.4, 0.5) is 0 Å². The second-order valence-corrected chi connectivity index (χ2v) is 7.76. The van der Waals surface area contributed by atoms with Crippen molar-refractivity contribution in [2.75, 3.05) is 5.75 Å². The molecule has 1 aliphatic carbocycles. The molecule has 0 radical (unpaired) electrons. The Hall–Kier alpha value is -1.14. The van der Waals surface area contributed by atoms with Crippen LogP contribution in [0.1, 0.15) is 42.7 Å². The fourth-order valence-electron chi connectivity index (χ4n) is 2.65. The predicted molar refractivity (Wildman–Crippen MR) is 73.5 cm³/mol. The standard InChI is InChI=1S/C13H20N2O3S/c1-13(2)8-11-10(12(16)9-13)4-6-15(11)5-3-7-19(14,17)18/h4,6H,3,5,7-9H2,1-2H3,(H2,14,17,18). The average Bonchev–Trinajstić information content (AvgIpc) is 2.58. The Morgan fingerprint density at radius 2 is 2.05 bits per heavy atom. The number of hydrogen-bond acceptors (Lipinski definition) is 3. The van der Waals surface area contributed by atoms with Crippen molar-refractivity contribution in [3.05, 3.63) is 23.5 Å². The third kappa shape index (κ3) is 3.45. The third-order valence-electron chi connectivity index (χ3n) is 3.49. The van der Waals surface area contributed by atoms with Crippen molar-refractivity contribution in [3.63, 3.8) is 0 Å². The van der Waals surface area contributed by atoms with E-state index < -0.39 is 10.0 Å². The summed E-state index contributed by atoms with van der Waals surface area (Å²) in [6.45, 7) is 4.74. The van der Waals surface area contributed by atoms with Gasteiger partial charge in [-0.1, -0.05) is 13.8 Å². The van der Waals surface area contributed by atoms with Gasteiger partial charge >= 0.3 is 0 Å². The van der Waals surface area contributed by atoms with Crippen molar-refractivity contribution >= 4 is 15.8 Å².